The Balaban J connectivity index is 2.38. The van der Waals surface area contributed by atoms with Crippen LogP contribution in [0.5, 0.6) is 0 Å². The van der Waals surface area contributed by atoms with E-state index in [4.69, 9.17) is 4.74 Å². The number of ether oxygens (including phenoxy) is 1. The Morgan fingerprint density at radius 1 is 0.923 bits per heavy atom. The first-order chi connectivity index (χ1) is 12.5. The maximum absolute atomic E-state index is 13.3. The standard InChI is InChI=1S/C24H41FO/c1-5-7-8-9-10-11-17-22(24(3,4)26-6-2)18-13-12-15-21-16-14-19-23(25)20-21/h14,16,19-20,22H,5-13,15,17-18H2,1-4H3. The summed E-state index contributed by atoms with van der Waals surface area (Å²) in [6.07, 6.45) is 13.8. The Hall–Kier alpha value is -0.890. The molecule has 0 radical (unpaired) electrons. The number of hydrogen-bond acceptors (Lipinski definition) is 1. The molecule has 0 spiro atoms. The van der Waals surface area contributed by atoms with Crippen molar-refractivity contribution in [2.45, 2.75) is 104 Å². The third-order valence-corrected chi connectivity index (χ3v) is 5.56. The van der Waals surface area contributed by atoms with Gasteiger partial charge in [0.2, 0.25) is 0 Å². The fourth-order valence-electron chi connectivity index (χ4n) is 3.91. The molecule has 1 unspecified atom stereocenters. The van der Waals surface area contributed by atoms with Crippen molar-refractivity contribution in [2.75, 3.05) is 6.61 Å². The van der Waals surface area contributed by atoms with Crippen LogP contribution in [0, 0.1) is 11.7 Å². The van der Waals surface area contributed by atoms with Gasteiger partial charge in [-0.1, -0.05) is 64.0 Å². The summed E-state index contributed by atoms with van der Waals surface area (Å²) in [5.41, 5.74) is 1.07. The van der Waals surface area contributed by atoms with Crippen LogP contribution < -0.4 is 0 Å². The fourth-order valence-corrected chi connectivity index (χ4v) is 3.91. The van der Waals surface area contributed by atoms with Crippen molar-refractivity contribution in [2.24, 2.45) is 5.92 Å². The Morgan fingerprint density at radius 2 is 1.58 bits per heavy atom. The number of aryl methyl sites for hydroxylation is 1. The highest BCUT2D eigenvalue weighted by Crippen LogP contribution is 2.31. The van der Waals surface area contributed by atoms with Crippen molar-refractivity contribution in [1.82, 2.24) is 0 Å². The second-order valence-electron chi connectivity index (χ2n) is 8.17. The zero-order valence-electron chi connectivity index (χ0n) is 17.7. The summed E-state index contributed by atoms with van der Waals surface area (Å²) in [5.74, 6) is 0.488. The average Bonchev–Trinajstić information content (AvgIpc) is 2.59. The van der Waals surface area contributed by atoms with Gasteiger partial charge in [0.1, 0.15) is 5.82 Å². The van der Waals surface area contributed by atoms with E-state index in [9.17, 15) is 4.39 Å². The quantitative estimate of drug-likeness (QED) is 0.289. The average molecular weight is 365 g/mol. The smallest absolute Gasteiger partial charge is 0.123 e. The molecular formula is C24H41FO. The number of rotatable bonds is 15. The molecule has 0 aliphatic carbocycles. The first kappa shape index (κ1) is 23.1. The third-order valence-electron chi connectivity index (χ3n) is 5.56. The maximum atomic E-state index is 13.3. The molecule has 1 atom stereocenters. The van der Waals surface area contributed by atoms with Gasteiger partial charge in [0.15, 0.2) is 0 Å². The van der Waals surface area contributed by atoms with Gasteiger partial charge in [-0.2, -0.15) is 0 Å². The zero-order chi connectivity index (χ0) is 19.3. The van der Waals surface area contributed by atoms with E-state index in [1.54, 1.807) is 6.07 Å². The molecule has 0 saturated heterocycles. The van der Waals surface area contributed by atoms with E-state index in [1.807, 2.05) is 12.1 Å². The van der Waals surface area contributed by atoms with E-state index in [1.165, 1.54) is 63.9 Å². The lowest BCUT2D eigenvalue weighted by atomic mass is 9.82. The van der Waals surface area contributed by atoms with Gasteiger partial charge in [-0.3, -0.25) is 0 Å². The molecule has 0 saturated carbocycles. The number of hydrogen-bond donors (Lipinski definition) is 0. The predicted molar refractivity (Wildman–Crippen MR) is 111 cm³/mol. The maximum Gasteiger partial charge on any atom is 0.123 e. The minimum absolute atomic E-state index is 0.0446. The van der Waals surface area contributed by atoms with Crippen molar-refractivity contribution in [3.63, 3.8) is 0 Å². The van der Waals surface area contributed by atoms with Gasteiger partial charge >= 0.3 is 0 Å². The summed E-state index contributed by atoms with van der Waals surface area (Å²) in [5, 5.41) is 0. The molecule has 0 heterocycles. The lowest BCUT2D eigenvalue weighted by Gasteiger charge is -2.34. The van der Waals surface area contributed by atoms with Crippen LogP contribution in [0.15, 0.2) is 24.3 Å². The Kier molecular flexibility index (Phi) is 11.8. The van der Waals surface area contributed by atoms with E-state index in [0.717, 1.165) is 25.0 Å². The summed E-state index contributed by atoms with van der Waals surface area (Å²) < 4.78 is 19.3. The summed E-state index contributed by atoms with van der Waals surface area (Å²) in [7, 11) is 0. The van der Waals surface area contributed by atoms with Gasteiger partial charge in [-0.15, -0.1) is 0 Å². The number of halogens is 1. The van der Waals surface area contributed by atoms with Crippen LogP contribution in [-0.4, -0.2) is 12.2 Å². The highest BCUT2D eigenvalue weighted by atomic mass is 19.1. The molecule has 0 aromatic heterocycles. The molecule has 1 aromatic carbocycles. The fraction of sp³-hybridized carbons (Fsp3) is 0.750. The van der Waals surface area contributed by atoms with Crippen molar-refractivity contribution in [1.29, 1.82) is 0 Å². The molecular weight excluding hydrogens is 323 g/mol. The first-order valence-corrected chi connectivity index (χ1v) is 10.9. The van der Waals surface area contributed by atoms with E-state index in [-0.39, 0.29) is 11.4 Å². The summed E-state index contributed by atoms with van der Waals surface area (Å²) in [6.45, 7) is 9.65. The molecule has 0 N–H and O–H groups in total. The zero-order valence-corrected chi connectivity index (χ0v) is 17.7. The normalized spacial score (nSPS) is 13.1. The molecule has 150 valence electrons. The van der Waals surface area contributed by atoms with Gasteiger partial charge in [0, 0.05) is 6.61 Å². The summed E-state index contributed by atoms with van der Waals surface area (Å²) >= 11 is 0. The molecule has 0 fully saturated rings. The molecule has 0 bridgehead atoms. The second kappa shape index (κ2) is 13.3. The minimum Gasteiger partial charge on any atom is -0.376 e. The second-order valence-corrected chi connectivity index (χ2v) is 8.17. The monoisotopic (exact) mass is 364 g/mol. The van der Waals surface area contributed by atoms with Crippen LogP contribution in [0.1, 0.15) is 97.5 Å². The molecule has 1 rings (SSSR count). The van der Waals surface area contributed by atoms with E-state index in [2.05, 4.69) is 27.7 Å². The Bertz CT molecular complexity index is 469. The van der Waals surface area contributed by atoms with E-state index in [0.29, 0.717) is 5.92 Å². The topological polar surface area (TPSA) is 9.23 Å². The van der Waals surface area contributed by atoms with E-state index >= 15 is 0 Å². The van der Waals surface area contributed by atoms with Crippen molar-refractivity contribution < 1.29 is 9.13 Å². The molecule has 0 aliphatic heterocycles. The van der Waals surface area contributed by atoms with Gasteiger partial charge in [-0.05, 0) is 70.1 Å². The van der Waals surface area contributed by atoms with Gasteiger partial charge in [0.05, 0.1) is 5.60 Å². The van der Waals surface area contributed by atoms with Crippen LogP contribution in [0.4, 0.5) is 4.39 Å². The van der Waals surface area contributed by atoms with Crippen molar-refractivity contribution in [3.05, 3.63) is 35.6 Å². The van der Waals surface area contributed by atoms with Gasteiger partial charge < -0.3 is 4.74 Å². The summed E-state index contributed by atoms with van der Waals surface area (Å²) in [6, 6.07) is 7.02. The van der Waals surface area contributed by atoms with Gasteiger partial charge in [-0.25, -0.2) is 4.39 Å². The molecule has 1 aromatic rings. The van der Waals surface area contributed by atoms with Crippen LogP contribution in [0.2, 0.25) is 0 Å². The highest BCUT2D eigenvalue weighted by molar-refractivity contribution is 5.16. The first-order valence-electron chi connectivity index (χ1n) is 10.9. The van der Waals surface area contributed by atoms with Crippen LogP contribution in [-0.2, 0) is 11.2 Å². The van der Waals surface area contributed by atoms with Crippen LogP contribution in [0.25, 0.3) is 0 Å². The Morgan fingerprint density at radius 3 is 2.23 bits per heavy atom. The third kappa shape index (κ3) is 9.71. The van der Waals surface area contributed by atoms with Gasteiger partial charge in [0.25, 0.3) is 0 Å². The van der Waals surface area contributed by atoms with Crippen LogP contribution in [0.3, 0.4) is 0 Å². The number of unbranched alkanes of at least 4 members (excludes halogenated alkanes) is 6. The molecule has 2 heteroatoms. The minimum atomic E-state index is -0.124. The highest BCUT2D eigenvalue weighted by Gasteiger charge is 2.28. The van der Waals surface area contributed by atoms with Crippen molar-refractivity contribution >= 4 is 0 Å². The summed E-state index contributed by atoms with van der Waals surface area (Å²) in [4.78, 5) is 0. The molecule has 1 nitrogen and oxygen atoms in total. The lowest BCUT2D eigenvalue weighted by Crippen LogP contribution is -2.34. The van der Waals surface area contributed by atoms with E-state index < -0.39 is 0 Å². The van der Waals surface area contributed by atoms with Crippen LogP contribution >= 0.6 is 0 Å². The lowest BCUT2D eigenvalue weighted by molar-refractivity contribution is -0.0605. The van der Waals surface area contributed by atoms with Crippen molar-refractivity contribution in [3.8, 4) is 0 Å². The Labute approximate surface area is 161 Å². The predicted octanol–water partition coefficient (Wildman–Crippen LogP) is 7.72. The SMILES string of the molecule is CCCCCCCCC(CCCCc1cccc(F)c1)C(C)(C)OCC. The molecule has 0 aliphatic rings. The molecule has 0 amide bonds. The number of benzene rings is 1. The largest absolute Gasteiger partial charge is 0.376 e. The molecule has 26 heavy (non-hydrogen) atoms.